The molecule has 0 fully saturated rings. The molecule has 2 aromatic rings. The van der Waals surface area contributed by atoms with Crippen molar-refractivity contribution in [3.63, 3.8) is 0 Å². The highest BCUT2D eigenvalue weighted by Gasteiger charge is 2.09. The largest absolute Gasteiger partial charge is 0.497 e. The first-order valence-corrected chi connectivity index (χ1v) is 5.72. The van der Waals surface area contributed by atoms with Crippen LogP contribution < -0.4 is 10.3 Å². The molecule has 2 N–H and O–H groups in total. The molecule has 0 aliphatic rings. The number of ether oxygens (including phenoxy) is 1. The molecule has 0 unspecified atom stereocenters. The normalized spacial score (nSPS) is 10.4. The van der Waals surface area contributed by atoms with Crippen LogP contribution in [0.15, 0.2) is 35.3 Å². The summed E-state index contributed by atoms with van der Waals surface area (Å²) in [6.07, 6.45) is 1.16. The molecule has 0 atom stereocenters. The van der Waals surface area contributed by atoms with Crippen molar-refractivity contribution in [1.29, 1.82) is 0 Å². The van der Waals surface area contributed by atoms with Crippen LogP contribution in [0, 0.1) is 0 Å². The second kappa shape index (κ2) is 5.43. The number of carboxylic acid groups (broad SMARTS) is 1. The molecule has 6 heteroatoms. The Bertz CT molecular complexity index is 625. The third-order valence-corrected chi connectivity index (χ3v) is 2.76. The zero-order valence-corrected chi connectivity index (χ0v) is 10.4. The van der Waals surface area contributed by atoms with E-state index in [4.69, 9.17) is 9.84 Å². The topological polar surface area (TPSA) is 84.3 Å². The molecule has 0 saturated heterocycles. The molecule has 0 saturated carbocycles. The second-order valence-corrected chi connectivity index (χ2v) is 4.11. The Morgan fingerprint density at radius 1 is 1.37 bits per heavy atom. The lowest BCUT2D eigenvalue weighted by Gasteiger charge is -2.03. The van der Waals surface area contributed by atoms with Crippen molar-refractivity contribution in [2.45, 2.75) is 13.0 Å². The van der Waals surface area contributed by atoms with Crippen LogP contribution in [0.4, 0.5) is 0 Å². The fraction of sp³-hybridized carbons (Fsp3) is 0.231. The Kier molecular flexibility index (Phi) is 3.70. The van der Waals surface area contributed by atoms with Gasteiger partial charge >= 0.3 is 5.97 Å². The Labute approximate surface area is 109 Å². The molecule has 1 aromatic carbocycles. The molecule has 0 spiro atoms. The third kappa shape index (κ3) is 3.04. The third-order valence-electron chi connectivity index (χ3n) is 2.76. The number of aromatic nitrogens is 2. The number of aliphatic carboxylic acids is 1. The van der Waals surface area contributed by atoms with Crippen LogP contribution in [0.25, 0.3) is 0 Å². The fourth-order valence-electron chi connectivity index (χ4n) is 1.77. The number of aromatic amines is 1. The van der Waals surface area contributed by atoms with Crippen LogP contribution in [0.1, 0.15) is 11.1 Å². The van der Waals surface area contributed by atoms with Gasteiger partial charge < -0.3 is 14.9 Å². The van der Waals surface area contributed by atoms with Crippen molar-refractivity contribution >= 4 is 5.97 Å². The molecule has 1 heterocycles. The number of rotatable bonds is 5. The van der Waals surface area contributed by atoms with Gasteiger partial charge in [0.15, 0.2) is 0 Å². The average Bonchev–Trinajstić information content (AvgIpc) is 2.72. The van der Waals surface area contributed by atoms with Crippen molar-refractivity contribution in [2.24, 2.45) is 0 Å². The summed E-state index contributed by atoms with van der Waals surface area (Å²) < 4.78 is 6.42. The predicted molar refractivity (Wildman–Crippen MR) is 68.5 cm³/mol. The predicted octanol–water partition coefficient (Wildman–Crippen LogP) is 0.860. The number of hydrogen-bond donors (Lipinski definition) is 2. The van der Waals surface area contributed by atoms with Crippen LogP contribution in [0.2, 0.25) is 0 Å². The van der Waals surface area contributed by atoms with Crippen LogP contribution in [0.5, 0.6) is 5.75 Å². The summed E-state index contributed by atoms with van der Waals surface area (Å²) in [5, 5.41) is 11.4. The lowest BCUT2D eigenvalue weighted by Crippen LogP contribution is -2.21. The van der Waals surface area contributed by atoms with Crippen molar-refractivity contribution in [2.75, 3.05) is 7.11 Å². The second-order valence-electron chi connectivity index (χ2n) is 4.11. The molecule has 2 rings (SSSR count). The molecule has 0 radical (unpaired) electrons. The maximum atomic E-state index is 11.9. The number of nitrogens with one attached hydrogen (secondary N) is 1. The first-order valence-electron chi connectivity index (χ1n) is 5.72. The highest BCUT2D eigenvalue weighted by Crippen LogP contribution is 2.11. The summed E-state index contributed by atoms with van der Waals surface area (Å²) in [5.41, 5.74) is 0.867. The van der Waals surface area contributed by atoms with E-state index in [9.17, 15) is 9.59 Å². The number of H-pyrrole nitrogens is 1. The number of hydrogen-bond acceptors (Lipinski definition) is 3. The molecule has 0 amide bonds. The minimum Gasteiger partial charge on any atom is -0.497 e. The van der Waals surface area contributed by atoms with E-state index in [1.165, 1.54) is 10.9 Å². The molecular weight excluding hydrogens is 248 g/mol. The van der Waals surface area contributed by atoms with Gasteiger partial charge in [0.1, 0.15) is 5.75 Å². The van der Waals surface area contributed by atoms with Gasteiger partial charge in [-0.15, -0.1) is 0 Å². The summed E-state index contributed by atoms with van der Waals surface area (Å²) in [6, 6.07) is 7.31. The minimum absolute atomic E-state index is 0.251. The van der Waals surface area contributed by atoms with Gasteiger partial charge in [-0.1, -0.05) is 12.1 Å². The molecule has 19 heavy (non-hydrogen) atoms. The quantitative estimate of drug-likeness (QED) is 0.837. The Morgan fingerprint density at radius 2 is 2.05 bits per heavy atom. The standard InChI is InChI=1S/C13H14N2O4/c1-19-11-4-2-9(3-5-11)8-15-13(18)10(7-14-15)6-12(16)17/h2-5,7,14H,6,8H2,1H3,(H,16,17). The summed E-state index contributed by atoms with van der Waals surface area (Å²) in [4.78, 5) is 22.5. The van der Waals surface area contributed by atoms with Crippen molar-refractivity contribution in [3.8, 4) is 5.75 Å². The molecule has 100 valence electrons. The minimum atomic E-state index is -1.02. The van der Waals surface area contributed by atoms with Gasteiger partial charge in [0.05, 0.1) is 20.1 Å². The monoisotopic (exact) mass is 262 g/mol. The van der Waals surface area contributed by atoms with E-state index >= 15 is 0 Å². The molecular formula is C13H14N2O4. The Hall–Kier alpha value is -2.50. The highest BCUT2D eigenvalue weighted by atomic mass is 16.5. The number of benzene rings is 1. The fourth-order valence-corrected chi connectivity index (χ4v) is 1.77. The van der Waals surface area contributed by atoms with Gasteiger partial charge in [-0.05, 0) is 17.7 Å². The maximum Gasteiger partial charge on any atom is 0.308 e. The zero-order chi connectivity index (χ0) is 13.8. The zero-order valence-electron chi connectivity index (χ0n) is 10.4. The molecule has 0 bridgehead atoms. The SMILES string of the molecule is COc1ccc(Cn2[nH]cc(CC(=O)O)c2=O)cc1. The summed E-state index contributed by atoms with van der Waals surface area (Å²) in [6.45, 7) is 0.364. The average molecular weight is 262 g/mol. The number of carbonyl (C=O) groups is 1. The van der Waals surface area contributed by atoms with Crippen LogP contribution in [-0.2, 0) is 17.8 Å². The summed E-state index contributed by atoms with van der Waals surface area (Å²) in [7, 11) is 1.59. The van der Waals surface area contributed by atoms with E-state index in [2.05, 4.69) is 5.10 Å². The Balaban J connectivity index is 2.16. The van der Waals surface area contributed by atoms with Crippen molar-refractivity contribution in [3.05, 3.63) is 51.9 Å². The lowest BCUT2D eigenvalue weighted by molar-refractivity contribution is -0.136. The summed E-state index contributed by atoms with van der Waals surface area (Å²) in [5.74, 6) is -0.276. The van der Waals surface area contributed by atoms with Gasteiger partial charge in [0, 0.05) is 11.8 Å². The van der Waals surface area contributed by atoms with Gasteiger partial charge in [0.25, 0.3) is 5.56 Å². The number of carboxylic acids is 1. The van der Waals surface area contributed by atoms with Crippen molar-refractivity contribution < 1.29 is 14.6 Å². The summed E-state index contributed by atoms with van der Waals surface area (Å²) >= 11 is 0. The van der Waals surface area contributed by atoms with Crippen molar-refractivity contribution in [1.82, 2.24) is 9.78 Å². The van der Waals surface area contributed by atoms with E-state index in [1.807, 2.05) is 24.3 Å². The van der Waals surface area contributed by atoms with Gasteiger partial charge in [-0.2, -0.15) is 0 Å². The molecule has 1 aromatic heterocycles. The number of nitrogens with zero attached hydrogens (tertiary/aromatic N) is 1. The van der Waals surface area contributed by atoms with Gasteiger partial charge in [-0.3, -0.25) is 9.59 Å². The molecule has 0 aliphatic carbocycles. The van der Waals surface area contributed by atoms with Gasteiger partial charge in [-0.25, -0.2) is 4.68 Å². The van der Waals surface area contributed by atoms with E-state index in [1.54, 1.807) is 7.11 Å². The smallest absolute Gasteiger partial charge is 0.308 e. The van der Waals surface area contributed by atoms with Crippen LogP contribution >= 0.6 is 0 Å². The maximum absolute atomic E-state index is 11.9. The highest BCUT2D eigenvalue weighted by molar-refractivity contribution is 5.69. The van der Waals surface area contributed by atoms with Crippen LogP contribution in [0.3, 0.4) is 0 Å². The lowest BCUT2D eigenvalue weighted by atomic mass is 10.2. The molecule has 6 nitrogen and oxygen atoms in total. The van der Waals surface area contributed by atoms with E-state index < -0.39 is 5.97 Å². The van der Waals surface area contributed by atoms with E-state index in [-0.39, 0.29) is 17.5 Å². The van der Waals surface area contributed by atoms with Crippen LogP contribution in [-0.4, -0.2) is 28.0 Å². The molecule has 0 aliphatic heterocycles. The number of methoxy groups -OCH3 is 1. The Morgan fingerprint density at radius 3 is 2.63 bits per heavy atom. The van der Waals surface area contributed by atoms with Gasteiger partial charge in [0.2, 0.25) is 0 Å². The van der Waals surface area contributed by atoms with E-state index in [0.29, 0.717) is 6.54 Å². The van der Waals surface area contributed by atoms with E-state index in [0.717, 1.165) is 11.3 Å². The first kappa shape index (κ1) is 12.9. The first-order chi connectivity index (χ1) is 9.10.